The van der Waals surface area contributed by atoms with E-state index in [0.717, 1.165) is 23.1 Å². The summed E-state index contributed by atoms with van der Waals surface area (Å²) in [6, 6.07) is 14.6. The fraction of sp³-hybridized carbons (Fsp3) is 0.409. The summed E-state index contributed by atoms with van der Waals surface area (Å²) in [5.74, 6) is 1.01. The highest BCUT2D eigenvalue weighted by atomic mass is 32.2. The lowest BCUT2D eigenvalue weighted by Crippen LogP contribution is -2.47. The number of likely N-dealkylation sites (tertiary alicyclic amines) is 1. The Balaban J connectivity index is 1.61. The first kappa shape index (κ1) is 23.1. The lowest BCUT2D eigenvalue weighted by molar-refractivity contribution is -0.150. The molecule has 2 aromatic carbocycles. The van der Waals surface area contributed by atoms with Crippen molar-refractivity contribution in [3.8, 4) is 11.5 Å². The molecular weight excluding hydrogens is 422 g/mol. The second-order valence-corrected chi connectivity index (χ2v) is 9.02. The monoisotopic (exact) mass is 449 g/mol. The maximum absolute atomic E-state index is 12.4. The fourth-order valence-corrected chi connectivity index (χ4v) is 3.91. The van der Waals surface area contributed by atoms with E-state index in [2.05, 4.69) is 4.18 Å². The molecule has 2 atom stereocenters. The molecule has 2 aromatic rings. The van der Waals surface area contributed by atoms with Gasteiger partial charge in [-0.25, -0.2) is 0 Å². The van der Waals surface area contributed by atoms with Crippen LogP contribution in [-0.2, 0) is 25.6 Å². The Hall–Kier alpha value is -2.62. The smallest absolute Gasteiger partial charge is 0.264 e. The third kappa shape index (κ3) is 6.43. The normalized spacial score (nSPS) is 19.3. The Kier molecular flexibility index (Phi) is 7.53. The number of benzene rings is 2. The lowest BCUT2D eigenvalue weighted by Gasteiger charge is -2.38. The maximum atomic E-state index is 12.4. The molecule has 168 valence electrons. The van der Waals surface area contributed by atoms with Crippen LogP contribution in [0.1, 0.15) is 29.9 Å². The molecule has 1 aliphatic rings. The van der Waals surface area contributed by atoms with Crippen LogP contribution in [0.25, 0.3) is 0 Å². The Morgan fingerprint density at radius 3 is 2.29 bits per heavy atom. The summed E-state index contributed by atoms with van der Waals surface area (Å²) < 4.78 is 37.2. The Bertz CT molecular complexity index is 974. The molecule has 1 fully saturated rings. The van der Waals surface area contributed by atoms with Crippen molar-refractivity contribution in [3.63, 3.8) is 0 Å². The van der Waals surface area contributed by atoms with E-state index < -0.39 is 16.3 Å². The molecule has 8 nitrogen and oxygen atoms in total. The number of piperidine rings is 1. The number of rotatable bonds is 9. The van der Waals surface area contributed by atoms with Gasteiger partial charge in [-0.3, -0.25) is 8.98 Å². The minimum Gasteiger partial charge on any atom is -0.497 e. The van der Waals surface area contributed by atoms with Crippen molar-refractivity contribution >= 4 is 16.0 Å². The van der Waals surface area contributed by atoms with Crippen LogP contribution in [0.2, 0.25) is 0 Å². The highest BCUT2D eigenvalue weighted by molar-refractivity contribution is 7.85. The summed E-state index contributed by atoms with van der Waals surface area (Å²) in [6.07, 6.45) is 0.971. The number of nitrogens with zero attached hydrogens (tertiary/aromatic N) is 1. The minimum absolute atomic E-state index is 0.0651. The molecule has 2 unspecified atom stereocenters. The molecular formula is C22H27NO7S. The van der Waals surface area contributed by atoms with Gasteiger partial charge in [-0.2, -0.15) is 8.42 Å². The number of carbonyl (C=O) groups is 1. The first-order valence-corrected chi connectivity index (χ1v) is 11.8. The summed E-state index contributed by atoms with van der Waals surface area (Å²) in [5.41, 5.74) is 1.81. The number of hydrogen-bond acceptors (Lipinski definition) is 7. The SMILES string of the molecule is COc1ccc(CN2C(=O)CCC(c3ccc(OCCOS(C)(=O)=O)cc3)C2O)cc1. The molecule has 0 radical (unpaired) electrons. The molecule has 1 N–H and O–H groups in total. The maximum Gasteiger partial charge on any atom is 0.264 e. The van der Waals surface area contributed by atoms with E-state index in [1.165, 1.54) is 4.90 Å². The Labute approximate surface area is 182 Å². The average molecular weight is 450 g/mol. The van der Waals surface area contributed by atoms with Gasteiger partial charge < -0.3 is 19.5 Å². The van der Waals surface area contributed by atoms with Crippen LogP contribution in [-0.4, -0.2) is 57.1 Å². The zero-order chi connectivity index (χ0) is 22.4. The second kappa shape index (κ2) is 10.1. The lowest BCUT2D eigenvalue weighted by atomic mass is 9.88. The highest BCUT2D eigenvalue weighted by Gasteiger charge is 2.35. The van der Waals surface area contributed by atoms with Crippen LogP contribution in [0.3, 0.4) is 0 Å². The van der Waals surface area contributed by atoms with Crippen molar-refractivity contribution in [1.82, 2.24) is 4.90 Å². The summed E-state index contributed by atoms with van der Waals surface area (Å²) in [7, 11) is -1.89. The van der Waals surface area contributed by atoms with Crippen molar-refractivity contribution < 1.29 is 32.0 Å². The number of hydrogen-bond donors (Lipinski definition) is 1. The molecule has 9 heteroatoms. The minimum atomic E-state index is -3.49. The summed E-state index contributed by atoms with van der Waals surface area (Å²) in [4.78, 5) is 13.9. The van der Waals surface area contributed by atoms with Crippen LogP contribution < -0.4 is 9.47 Å². The molecule has 3 rings (SSSR count). The van der Waals surface area contributed by atoms with E-state index in [-0.39, 0.29) is 25.0 Å². The number of aliphatic hydroxyl groups is 1. The fourth-order valence-electron chi connectivity index (χ4n) is 3.54. The van der Waals surface area contributed by atoms with Crippen LogP contribution in [0.4, 0.5) is 0 Å². The van der Waals surface area contributed by atoms with Gasteiger partial charge in [-0.05, 0) is 41.8 Å². The Morgan fingerprint density at radius 2 is 1.68 bits per heavy atom. The van der Waals surface area contributed by atoms with Crippen LogP contribution in [0.5, 0.6) is 11.5 Å². The van der Waals surface area contributed by atoms with Gasteiger partial charge in [0.25, 0.3) is 10.1 Å². The molecule has 1 aliphatic heterocycles. The van der Waals surface area contributed by atoms with Crippen molar-refractivity contribution in [2.45, 2.75) is 31.5 Å². The first-order chi connectivity index (χ1) is 14.8. The Morgan fingerprint density at radius 1 is 1.03 bits per heavy atom. The molecule has 31 heavy (non-hydrogen) atoms. The number of ether oxygens (including phenoxy) is 2. The van der Waals surface area contributed by atoms with Gasteiger partial charge in [-0.15, -0.1) is 0 Å². The van der Waals surface area contributed by atoms with Crippen LogP contribution >= 0.6 is 0 Å². The second-order valence-electron chi connectivity index (χ2n) is 7.37. The predicted octanol–water partition coefficient (Wildman–Crippen LogP) is 2.27. The van der Waals surface area contributed by atoms with Gasteiger partial charge in [0, 0.05) is 18.9 Å². The van der Waals surface area contributed by atoms with E-state index in [1.54, 1.807) is 19.2 Å². The first-order valence-electron chi connectivity index (χ1n) is 9.94. The van der Waals surface area contributed by atoms with Crippen molar-refractivity contribution in [2.75, 3.05) is 26.6 Å². The number of carbonyl (C=O) groups excluding carboxylic acids is 1. The summed E-state index contributed by atoms with van der Waals surface area (Å²) in [6.45, 7) is 0.356. The molecule has 0 aromatic heterocycles. The summed E-state index contributed by atoms with van der Waals surface area (Å²) in [5, 5.41) is 10.9. The van der Waals surface area contributed by atoms with E-state index in [1.807, 2.05) is 36.4 Å². The van der Waals surface area contributed by atoms with Gasteiger partial charge in [0.2, 0.25) is 5.91 Å². The van der Waals surface area contributed by atoms with Gasteiger partial charge in [-0.1, -0.05) is 24.3 Å². The zero-order valence-electron chi connectivity index (χ0n) is 17.6. The third-order valence-corrected chi connectivity index (χ3v) is 5.73. The van der Waals surface area contributed by atoms with Gasteiger partial charge >= 0.3 is 0 Å². The quantitative estimate of drug-likeness (QED) is 0.463. The van der Waals surface area contributed by atoms with E-state index in [4.69, 9.17) is 9.47 Å². The van der Waals surface area contributed by atoms with Gasteiger partial charge in [0.05, 0.1) is 13.4 Å². The van der Waals surface area contributed by atoms with E-state index >= 15 is 0 Å². The summed E-state index contributed by atoms with van der Waals surface area (Å²) >= 11 is 0. The highest BCUT2D eigenvalue weighted by Crippen LogP contribution is 2.34. The van der Waals surface area contributed by atoms with Crippen molar-refractivity contribution in [3.05, 3.63) is 59.7 Å². The predicted molar refractivity (Wildman–Crippen MR) is 114 cm³/mol. The molecule has 1 amide bonds. The molecule has 1 heterocycles. The zero-order valence-corrected chi connectivity index (χ0v) is 18.4. The number of aliphatic hydroxyl groups excluding tert-OH is 1. The average Bonchev–Trinajstić information content (AvgIpc) is 2.75. The molecule has 0 bridgehead atoms. The van der Waals surface area contributed by atoms with Crippen molar-refractivity contribution in [1.29, 1.82) is 0 Å². The van der Waals surface area contributed by atoms with Crippen LogP contribution in [0, 0.1) is 0 Å². The van der Waals surface area contributed by atoms with E-state index in [0.29, 0.717) is 25.1 Å². The largest absolute Gasteiger partial charge is 0.497 e. The molecule has 0 spiro atoms. The van der Waals surface area contributed by atoms with Crippen LogP contribution in [0.15, 0.2) is 48.5 Å². The van der Waals surface area contributed by atoms with Gasteiger partial charge in [0.15, 0.2) is 0 Å². The topological polar surface area (TPSA) is 102 Å². The molecule has 0 saturated carbocycles. The molecule has 0 aliphatic carbocycles. The number of methoxy groups -OCH3 is 1. The van der Waals surface area contributed by atoms with E-state index in [9.17, 15) is 18.3 Å². The standard InChI is InChI=1S/C22H27NO7S/c1-28-18-7-3-16(4-8-18)15-23-21(24)12-11-20(22(23)25)17-5-9-19(10-6-17)29-13-14-30-31(2,26)27/h3-10,20,22,25H,11-15H2,1-2H3. The van der Waals surface area contributed by atoms with Crippen molar-refractivity contribution in [2.24, 2.45) is 0 Å². The third-order valence-electron chi connectivity index (χ3n) is 5.14. The van der Waals surface area contributed by atoms with Gasteiger partial charge in [0.1, 0.15) is 30.9 Å². The molecule has 1 saturated heterocycles. The number of amides is 1.